The maximum absolute atomic E-state index is 12.0. The molecule has 2 heterocycles. The van der Waals surface area contributed by atoms with E-state index in [4.69, 9.17) is 0 Å². The van der Waals surface area contributed by atoms with E-state index in [1.165, 1.54) is 5.56 Å². The Morgan fingerprint density at radius 2 is 2.18 bits per heavy atom. The molecule has 2 aromatic rings. The predicted octanol–water partition coefficient (Wildman–Crippen LogP) is 3.02. The lowest BCUT2D eigenvalue weighted by Crippen LogP contribution is -2.27. The Morgan fingerprint density at radius 3 is 2.76 bits per heavy atom. The highest BCUT2D eigenvalue weighted by atomic mass is 32.1. The topological polar surface area (TPSA) is 42.0 Å². The van der Waals surface area contributed by atoms with Gasteiger partial charge < -0.3 is 5.32 Å². The Balaban J connectivity index is 2.08. The van der Waals surface area contributed by atoms with Crippen molar-refractivity contribution in [3.8, 4) is 0 Å². The second-order valence-corrected chi connectivity index (χ2v) is 4.51. The van der Waals surface area contributed by atoms with E-state index in [1.54, 1.807) is 35.9 Å². The summed E-state index contributed by atoms with van der Waals surface area (Å²) in [4.78, 5) is 15.9. The van der Waals surface area contributed by atoms with Gasteiger partial charge in [0.15, 0.2) is 0 Å². The van der Waals surface area contributed by atoms with Crippen LogP contribution in [0.15, 0.2) is 41.4 Å². The van der Waals surface area contributed by atoms with Gasteiger partial charge in [0.2, 0.25) is 0 Å². The van der Waals surface area contributed by atoms with Crippen molar-refractivity contribution >= 4 is 17.2 Å². The monoisotopic (exact) mass is 246 g/mol. The smallest absolute Gasteiger partial charge is 0.251 e. The number of carbonyl (C=O) groups excluding carboxylic acids is 1. The molecule has 0 radical (unpaired) electrons. The molecule has 1 N–H and O–H groups in total. The maximum Gasteiger partial charge on any atom is 0.251 e. The van der Waals surface area contributed by atoms with Crippen molar-refractivity contribution in [3.63, 3.8) is 0 Å². The minimum absolute atomic E-state index is 0.0505. The average Bonchev–Trinajstić information content (AvgIpc) is 2.90. The van der Waals surface area contributed by atoms with E-state index in [0.29, 0.717) is 5.56 Å². The van der Waals surface area contributed by atoms with Crippen LogP contribution in [0.1, 0.15) is 35.3 Å². The van der Waals surface area contributed by atoms with Gasteiger partial charge in [0.05, 0.1) is 6.04 Å². The normalized spacial score (nSPS) is 12.1. The molecular weight excluding hydrogens is 232 g/mol. The fraction of sp³-hybridized carbons (Fsp3) is 0.231. The summed E-state index contributed by atoms with van der Waals surface area (Å²) in [6, 6.07) is 5.57. The SMILES string of the molecule is CC[C@H](NC(=O)c1ccncc1)c1ccsc1. The summed E-state index contributed by atoms with van der Waals surface area (Å²) in [6.07, 6.45) is 4.13. The lowest BCUT2D eigenvalue weighted by molar-refractivity contribution is 0.0935. The van der Waals surface area contributed by atoms with Crippen LogP contribution in [0.3, 0.4) is 0 Å². The molecule has 1 atom stereocenters. The second kappa shape index (κ2) is 5.59. The fourth-order valence-corrected chi connectivity index (χ4v) is 2.35. The number of thiophene rings is 1. The molecule has 17 heavy (non-hydrogen) atoms. The zero-order valence-corrected chi connectivity index (χ0v) is 10.4. The molecule has 0 bridgehead atoms. The molecule has 0 unspecified atom stereocenters. The average molecular weight is 246 g/mol. The van der Waals surface area contributed by atoms with Crippen LogP contribution in [0.5, 0.6) is 0 Å². The molecule has 0 saturated heterocycles. The van der Waals surface area contributed by atoms with Crippen molar-refractivity contribution < 1.29 is 4.79 Å². The molecular formula is C13H14N2OS. The largest absolute Gasteiger partial charge is 0.345 e. The van der Waals surface area contributed by atoms with Gasteiger partial charge in [-0.3, -0.25) is 9.78 Å². The summed E-state index contributed by atoms with van der Waals surface area (Å²) in [7, 11) is 0. The van der Waals surface area contributed by atoms with Crippen molar-refractivity contribution in [2.45, 2.75) is 19.4 Å². The summed E-state index contributed by atoms with van der Waals surface area (Å²) in [6.45, 7) is 2.06. The number of hydrogen-bond donors (Lipinski definition) is 1. The zero-order valence-electron chi connectivity index (χ0n) is 9.59. The van der Waals surface area contributed by atoms with Gasteiger partial charge >= 0.3 is 0 Å². The van der Waals surface area contributed by atoms with Crippen LogP contribution in [-0.2, 0) is 0 Å². The number of aromatic nitrogens is 1. The molecule has 88 valence electrons. The molecule has 3 nitrogen and oxygen atoms in total. The first kappa shape index (κ1) is 11.8. The third-order valence-corrected chi connectivity index (χ3v) is 3.30. The fourth-order valence-electron chi connectivity index (χ4n) is 1.64. The Morgan fingerprint density at radius 1 is 1.41 bits per heavy atom. The van der Waals surface area contributed by atoms with Gasteiger partial charge in [-0.25, -0.2) is 0 Å². The van der Waals surface area contributed by atoms with Crippen molar-refractivity contribution in [2.75, 3.05) is 0 Å². The molecule has 0 aliphatic rings. The number of hydrogen-bond acceptors (Lipinski definition) is 3. The highest BCUT2D eigenvalue weighted by Gasteiger charge is 2.13. The molecule has 0 spiro atoms. The highest BCUT2D eigenvalue weighted by molar-refractivity contribution is 7.07. The minimum Gasteiger partial charge on any atom is -0.345 e. The van der Waals surface area contributed by atoms with E-state index < -0.39 is 0 Å². The summed E-state index contributed by atoms with van der Waals surface area (Å²) in [5.41, 5.74) is 1.81. The first-order valence-electron chi connectivity index (χ1n) is 5.54. The molecule has 0 aromatic carbocycles. The number of carbonyl (C=O) groups is 1. The van der Waals surface area contributed by atoms with Gasteiger partial charge in [-0.1, -0.05) is 6.92 Å². The molecule has 2 rings (SSSR count). The third-order valence-electron chi connectivity index (χ3n) is 2.60. The predicted molar refractivity (Wildman–Crippen MR) is 69.1 cm³/mol. The van der Waals surface area contributed by atoms with Crippen molar-refractivity contribution in [3.05, 3.63) is 52.5 Å². The summed E-state index contributed by atoms with van der Waals surface area (Å²) in [5.74, 6) is -0.0505. The highest BCUT2D eigenvalue weighted by Crippen LogP contribution is 2.19. The number of nitrogens with zero attached hydrogens (tertiary/aromatic N) is 1. The van der Waals surface area contributed by atoms with Crippen LogP contribution in [-0.4, -0.2) is 10.9 Å². The molecule has 0 aliphatic heterocycles. The van der Waals surface area contributed by atoms with Crippen molar-refractivity contribution in [2.24, 2.45) is 0 Å². The number of amides is 1. The van der Waals surface area contributed by atoms with Crippen LogP contribution < -0.4 is 5.32 Å². The molecule has 0 fully saturated rings. The van der Waals surface area contributed by atoms with Crippen molar-refractivity contribution in [1.82, 2.24) is 10.3 Å². The van der Waals surface area contributed by atoms with E-state index in [0.717, 1.165) is 6.42 Å². The summed E-state index contributed by atoms with van der Waals surface area (Å²) in [5, 5.41) is 7.12. The lowest BCUT2D eigenvalue weighted by Gasteiger charge is -2.15. The third kappa shape index (κ3) is 2.91. The van der Waals surface area contributed by atoms with Gasteiger partial charge in [-0.15, -0.1) is 0 Å². The van der Waals surface area contributed by atoms with E-state index in [1.807, 2.05) is 11.4 Å². The van der Waals surface area contributed by atoms with E-state index in [2.05, 4.69) is 22.6 Å². The first-order chi connectivity index (χ1) is 8.31. The van der Waals surface area contributed by atoms with Crippen molar-refractivity contribution in [1.29, 1.82) is 0 Å². The quantitative estimate of drug-likeness (QED) is 0.901. The standard InChI is InChI=1S/C13H14N2OS/c1-2-12(11-5-8-17-9-11)15-13(16)10-3-6-14-7-4-10/h3-9,12H,2H2,1H3,(H,15,16)/t12-/m0/s1. The molecule has 1 amide bonds. The molecule has 0 aliphatic carbocycles. The van der Waals surface area contributed by atoms with Crippen LogP contribution in [0.25, 0.3) is 0 Å². The Kier molecular flexibility index (Phi) is 3.88. The first-order valence-corrected chi connectivity index (χ1v) is 6.48. The van der Waals surface area contributed by atoms with Crippen LogP contribution in [0.4, 0.5) is 0 Å². The van der Waals surface area contributed by atoms with Gasteiger partial charge in [0, 0.05) is 18.0 Å². The van der Waals surface area contributed by atoms with Gasteiger partial charge in [0.1, 0.15) is 0 Å². The van der Waals surface area contributed by atoms with Gasteiger partial charge in [0.25, 0.3) is 5.91 Å². The van der Waals surface area contributed by atoms with Crippen LogP contribution >= 0.6 is 11.3 Å². The second-order valence-electron chi connectivity index (χ2n) is 3.73. The Hall–Kier alpha value is -1.68. The van der Waals surface area contributed by atoms with Gasteiger partial charge in [-0.05, 0) is 40.9 Å². The summed E-state index contributed by atoms with van der Waals surface area (Å²) >= 11 is 1.64. The molecule has 4 heteroatoms. The van der Waals surface area contributed by atoms with Gasteiger partial charge in [-0.2, -0.15) is 11.3 Å². The van der Waals surface area contributed by atoms with E-state index in [-0.39, 0.29) is 11.9 Å². The minimum atomic E-state index is -0.0505. The van der Waals surface area contributed by atoms with E-state index >= 15 is 0 Å². The Bertz CT molecular complexity index is 467. The number of pyridine rings is 1. The van der Waals surface area contributed by atoms with Crippen LogP contribution in [0, 0.1) is 0 Å². The Labute approximate surface area is 105 Å². The number of rotatable bonds is 4. The van der Waals surface area contributed by atoms with Crippen LogP contribution in [0.2, 0.25) is 0 Å². The molecule has 2 aromatic heterocycles. The lowest BCUT2D eigenvalue weighted by atomic mass is 10.1. The summed E-state index contributed by atoms with van der Waals surface area (Å²) < 4.78 is 0. The number of nitrogens with one attached hydrogen (secondary N) is 1. The zero-order chi connectivity index (χ0) is 12.1. The maximum atomic E-state index is 12.0. The van der Waals surface area contributed by atoms with E-state index in [9.17, 15) is 4.79 Å². The molecule has 0 saturated carbocycles.